The summed E-state index contributed by atoms with van der Waals surface area (Å²) < 4.78 is 5.09. The minimum Gasteiger partial charge on any atom is -0.461 e. The van der Waals surface area contributed by atoms with Crippen molar-refractivity contribution in [3.05, 3.63) is 16.1 Å². The monoisotopic (exact) mass is 296 g/mol. The number of hydrogen-bond donors (Lipinski definition) is 0. The number of likely N-dealkylation sites (tertiary alicyclic amines) is 1. The molecule has 0 amide bonds. The van der Waals surface area contributed by atoms with Crippen molar-refractivity contribution in [1.82, 2.24) is 9.88 Å². The first-order valence-electron chi connectivity index (χ1n) is 7.44. The van der Waals surface area contributed by atoms with Gasteiger partial charge in [0.1, 0.15) is 0 Å². The van der Waals surface area contributed by atoms with Crippen molar-refractivity contribution in [3.8, 4) is 0 Å². The lowest BCUT2D eigenvalue weighted by Gasteiger charge is -2.32. The molecule has 2 heterocycles. The third-order valence-electron chi connectivity index (χ3n) is 3.65. The second-order valence-corrected chi connectivity index (χ2v) is 6.64. The summed E-state index contributed by atoms with van der Waals surface area (Å²) in [6.07, 6.45) is 2.22. The number of carbonyl (C=O) groups is 1. The zero-order valence-electron chi connectivity index (χ0n) is 12.6. The number of rotatable bonds is 5. The molecule has 1 saturated heterocycles. The summed E-state index contributed by atoms with van der Waals surface area (Å²) in [5.74, 6) is 0.906. The molecule has 0 atom stereocenters. The fraction of sp³-hybridized carbons (Fsp3) is 0.733. The molecule has 1 aromatic heterocycles. The maximum atomic E-state index is 11.9. The standard InChI is InChI=1S/C15H24N2O2S/c1-4-19-15(18)13-14(20-10-16-13)12-5-7-17(8-6-12)9-11(2)3/h10-12H,4-9H2,1-3H3. The summed E-state index contributed by atoms with van der Waals surface area (Å²) in [5, 5.41) is 0. The molecule has 1 fully saturated rings. The highest BCUT2D eigenvalue weighted by Crippen LogP contribution is 2.33. The number of esters is 1. The van der Waals surface area contributed by atoms with Gasteiger partial charge in [-0.3, -0.25) is 0 Å². The minimum atomic E-state index is -0.270. The lowest BCUT2D eigenvalue weighted by Crippen LogP contribution is -2.35. The van der Waals surface area contributed by atoms with E-state index in [0.717, 1.165) is 30.8 Å². The third kappa shape index (κ3) is 3.79. The van der Waals surface area contributed by atoms with Gasteiger partial charge in [0.2, 0.25) is 0 Å². The quantitative estimate of drug-likeness (QED) is 0.783. The van der Waals surface area contributed by atoms with Gasteiger partial charge in [-0.2, -0.15) is 0 Å². The van der Waals surface area contributed by atoms with Gasteiger partial charge in [0, 0.05) is 11.4 Å². The average molecular weight is 296 g/mol. The van der Waals surface area contributed by atoms with Crippen LogP contribution in [-0.2, 0) is 4.74 Å². The molecule has 0 aliphatic carbocycles. The Morgan fingerprint density at radius 2 is 2.20 bits per heavy atom. The number of ether oxygens (including phenoxy) is 1. The molecule has 4 nitrogen and oxygen atoms in total. The largest absolute Gasteiger partial charge is 0.461 e. The molecule has 20 heavy (non-hydrogen) atoms. The first-order chi connectivity index (χ1) is 9.61. The van der Waals surface area contributed by atoms with Gasteiger partial charge in [-0.15, -0.1) is 11.3 Å². The minimum absolute atomic E-state index is 0.270. The van der Waals surface area contributed by atoms with Gasteiger partial charge >= 0.3 is 5.97 Å². The van der Waals surface area contributed by atoms with Crippen LogP contribution >= 0.6 is 11.3 Å². The van der Waals surface area contributed by atoms with Crippen LogP contribution in [0.15, 0.2) is 5.51 Å². The van der Waals surface area contributed by atoms with Crippen LogP contribution in [0.4, 0.5) is 0 Å². The molecule has 1 aliphatic rings. The van der Waals surface area contributed by atoms with Gasteiger partial charge < -0.3 is 9.64 Å². The molecule has 0 radical (unpaired) electrons. The average Bonchev–Trinajstić information content (AvgIpc) is 2.88. The predicted octanol–water partition coefficient (Wildman–Crippen LogP) is 3.16. The van der Waals surface area contributed by atoms with Gasteiger partial charge in [-0.05, 0) is 44.7 Å². The molecule has 0 spiro atoms. The van der Waals surface area contributed by atoms with E-state index < -0.39 is 0 Å². The number of aromatic nitrogens is 1. The van der Waals surface area contributed by atoms with E-state index in [1.807, 2.05) is 6.92 Å². The molecule has 1 aliphatic heterocycles. The van der Waals surface area contributed by atoms with Crippen molar-refractivity contribution in [3.63, 3.8) is 0 Å². The fourth-order valence-electron chi connectivity index (χ4n) is 2.79. The Kier molecular flexibility index (Phi) is 5.54. The zero-order valence-corrected chi connectivity index (χ0v) is 13.4. The van der Waals surface area contributed by atoms with Crippen molar-refractivity contribution in [1.29, 1.82) is 0 Å². The summed E-state index contributed by atoms with van der Waals surface area (Å²) in [7, 11) is 0. The van der Waals surface area contributed by atoms with Crippen LogP contribution in [0.1, 0.15) is 54.9 Å². The highest BCUT2D eigenvalue weighted by Gasteiger charge is 2.27. The fourth-order valence-corrected chi connectivity index (χ4v) is 3.74. The molecule has 112 valence electrons. The van der Waals surface area contributed by atoms with E-state index in [4.69, 9.17) is 4.74 Å². The van der Waals surface area contributed by atoms with Crippen LogP contribution in [-0.4, -0.2) is 42.1 Å². The summed E-state index contributed by atoms with van der Waals surface area (Å²) in [6, 6.07) is 0. The van der Waals surface area contributed by atoms with Crippen molar-refractivity contribution < 1.29 is 9.53 Å². The van der Waals surface area contributed by atoms with Gasteiger partial charge in [-0.25, -0.2) is 9.78 Å². The highest BCUT2D eigenvalue weighted by atomic mass is 32.1. The lowest BCUT2D eigenvalue weighted by atomic mass is 9.93. The Morgan fingerprint density at radius 3 is 2.80 bits per heavy atom. The number of hydrogen-bond acceptors (Lipinski definition) is 5. The maximum absolute atomic E-state index is 11.9. The number of thiazole rings is 1. The van der Waals surface area contributed by atoms with E-state index in [1.54, 1.807) is 16.8 Å². The molecule has 0 bridgehead atoms. The summed E-state index contributed by atoms with van der Waals surface area (Å²) in [5.41, 5.74) is 2.31. The molecule has 0 saturated carbocycles. The molecule has 0 aromatic carbocycles. The van der Waals surface area contributed by atoms with Crippen LogP contribution in [0.2, 0.25) is 0 Å². The third-order valence-corrected chi connectivity index (χ3v) is 4.64. The highest BCUT2D eigenvalue weighted by molar-refractivity contribution is 7.10. The number of carbonyl (C=O) groups excluding carboxylic acids is 1. The van der Waals surface area contributed by atoms with Gasteiger partial charge in [0.05, 0.1) is 12.1 Å². The van der Waals surface area contributed by atoms with E-state index in [2.05, 4.69) is 23.7 Å². The van der Waals surface area contributed by atoms with Crippen LogP contribution in [0.5, 0.6) is 0 Å². The van der Waals surface area contributed by atoms with Crippen LogP contribution in [0.25, 0.3) is 0 Å². The van der Waals surface area contributed by atoms with E-state index in [9.17, 15) is 4.79 Å². The van der Waals surface area contributed by atoms with Crippen LogP contribution < -0.4 is 0 Å². The van der Waals surface area contributed by atoms with Gasteiger partial charge in [0.15, 0.2) is 5.69 Å². The Bertz CT molecular complexity index is 437. The summed E-state index contributed by atoms with van der Waals surface area (Å²) in [4.78, 5) is 19.7. The van der Waals surface area contributed by atoms with E-state index in [1.165, 1.54) is 6.54 Å². The van der Waals surface area contributed by atoms with Crippen molar-refractivity contribution >= 4 is 17.3 Å². The van der Waals surface area contributed by atoms with Crippen molar-refractivity contribution in [2.75, 3.05) is 26.2 Å². The van der Waals surface area contributed by atoms with E-state index >= 15 is 0 Å². The molecule has 2 rings (SSSR count). The zero-order chi connectivity index (χ0) is 14.5. The SMILES string of the molecule is CCOC(=O)c1ncsc1C1CCN(CC(C)C)CC1. The van der Waals surface area contributed by atoms with Gasteiger partial charge in [-0.1, -0.05) is 13.8 Å². The molecule has 0 N–H and O–H groups in total. The second kappa shape index (κ2) is 7.18. The van der Waals surface area contributed by atoms with Gasteiger partial charge in [0.25, 0.3) is 0 Å². The second-order valence-electron chi connectivity index (χ2n) is 5.75. The lowest BCUT2D eigenvalue weighted by molar-refractivity contribution is 0.0518. The molecular formula is C15H24N2O2S. The Labute approximate surface area is 125 Å². The molecule has 0 unspecified atom stereocenters. The maximum Gasteiger partial charge on any atom is 0.358 e. The Morgan fingerprint density at radius 1 is 1.50 bits per heavy atom. The Hall–Kier alpha value is -0.940. The van der Waals surface area contributed by atoms with Crippen molar-refractivity contribution in [2.45, 2.75) is 39.5 Å². The smallest absolute Gasteiger partial charge is 0.358 e. The number of nitrogens with zero attached hydrogens (tertiary/aromatic N) is 2. The molecular weight excluding hydrogens is 272 g/mol. The van der Waals surface area contributed by atoms with Crippen LogP contribution in [0, 0.1) is 5.92 Å². The molecule has 1 aromatic rings. The molecule has 5 heteroatoms. The number of piperidine rings is 1. The summed E-state index contributed by atoms with van der Waals surface area (Å²) >= 11 is 1.59. The first kappa shape index (κ1) is 15.4. The van der Waals surface area contributed by atoms with Crippen molar-refractivity contribution in [2.24, 2.45) is 5.92 Å². The predicted molar refractivity (Wildman–Crippen MR) is 81.3 cm³/mol. The van der Waals surface area contributed by atoms with Crippen LogP contribution in [0.3, 0.4) is 0 Å². The normalized spacial score (nSPS) is 17.6. The van der Waals surface area contributed by atoms with E-state index in [-0.39, 0.29) is 5.97 Å². The first-order valence-corrected chi connectivity index (χ1v) is 8.32. The topological polar surface area (TPSA) is 42.4 Å². The summed E-state index contributed by atoms with van der Waals surface area (Å²) in [6.45, 7) is 10.1. The van der Waals surface area contributed by atoms with E-state index in [0.29, 0.717) is 24.1 Å². The Balaban J connectivity index is 1.97.